The number of hydrogen-bond acceptors (Lipinski definition) is 5. The van der Waals surface area contributed by atoms with E-state index in [1.807, 2.05) is 6.92 Å². The maximum atomic E-state index is 12.5. The largest absolute Gasteiger partial charge is 0.484 e. The van der Waals surface area contributed by atoms with Crippen molar-refractivity contribution in [2.24, 2.45) is 5.92 Å². The van der Waals surface area contributed by atoms with Gasteiger partial charge in [0.1, 0.15) is 5.75 Å². The minimum absolute atomic E-state index is 0.0768. The fourth-order valence-corrected chi connectivity index (χ4v) is 4.21. The highest BCUT2D eigenvalue weighted by Gasteiger charge is 2.29. The molecule has 1 N–H and O–H groups in total. The summed E-state index contributed by atoms with van der Waals surface area (Å²) in [5, 5.41) is 2.91. The van der Waals surface area contributed by atoms with Crippen LogP contribution in [0.2, 0.25) is 0 Å². The van der Waals surface area contributed by atoms with Crippen molar-refractivity contribution in [1.82, 2.24) is 9.62 Å². The number of nitrogens with one attached hydrogen (secondary N) is 1. The Morgan fingerprint density at radius 3 is 2.52 bits per heavy atom. The maximum absolute atomic E-state index is 12.5. The van der Waals surface area contributed by atoms with Crippen LogP contribution in [0.1, 0.15) is 19.8 Å². The molecule has 1 aliphatic carbocycles. The van der Waals surface area contributed by atoms with E-state index in [9.17, 15) is 13.2 Å². The summed E-state index contributed by atoms with van der Waals surface area (Å²) in [4.78, 5) is 12.1. The van der Waals surface area contributed by atoms with Gasteiger partial charge in [-0.3, -0.25) is 4.79 Å². The smallest absolute Gasteiger partial charge is 0.258 e. The number of amides is 1. The van der Waals surface area contributed by atoms with Crippen molar-refractivity contribution in [3.63, 3.8) is 0 Å². The van der Waals surface area contributed by atoms with Crippen LogP contribution in [-0.2, 0) is 19.6 Å². The molecule has 8 heteroatoms. The van der Waals surface area contributed by atoms with E-state index < -0.39 is 10.0 Å². The first-order valence-electron chi connectivity index (χ1n) is 8.57. The summed E-state index contributed by atoms with van der Waals surface area (Å²) in [6.45, 7) is 3.47. The van der Waals surface area contributed by atoms with Crippen LogP contribution in [0, 0.1) is 5.92 Å². The van der Waals surface area contributed by atoms with Crippen LogP contribution in [0.4, 0.5) is 0 Å². The number of sulfonamides is 1. The second kappa shape index (κ2) is 7.72. The molecule has 0 bridgehead atoms. The predicted octanol–water partition coefficient (Wildman–Crippen LogP) is 1.00. The summed E-state index contributed by atoms with van der Waals surface area (Å²) in [7, 11) is -3.51. The minimum Gasteiger partial charge on any atom is -0.484 e. The summed E-state index contributed by atoms with van der Waals surface area (Å²) in [6.07, 6.45) is 2.34. The molecule has 2 aliphatic rings. The van der Waals surface area contributed by atoms with E-state index in [0.29, 0.717) is 38.0 Å². The third-order valence-electron chi connectivity index (χ3n) is 4.52. The predicted molar refractivity (Wildman–Crippen MR) is 91.8 cm³/mol. The van der Waals surface area contributed by atoms with Gasteiger partial charge in [-0.25, -0.2) is 8.42 Å². The van der Waals surface area contributed by atoms with Crippen LogP contribution in [0.15, 0.2) is 29.2 Å². The van der Waals surface area contributed by atoms with Crippen LogP contribution < -0.4 is 10.1 Å². The maximum Gasteiger partial charge on any atom is 0.258 e. The molecule has 1 aromatic rings. The molecule has 1 atom stereocenters. The normalized spacial score (nSPS) is 20.0. The average Bonchev–Trinajstić information content (AvgIpc) is 3.46. The molecule has 0 aromatic heterocycles. The Bertz CT molecular complexity index is 694. The van der Waals surface area contributed by atoms with E-state index in [1.165, 1.54) is 29.3 Å². The Balaban J connectivity index is 1.53. The van der Waals surface area contributed by atoms with Crippen molar-refractivity contribution in [1.29, 1.82) is 0 Å². The molecule has 138 valence electrons. The molecule has 1 heterocycles. The molecule has 25 heavy (non-hydrogen) atoms. The molecular formula is C17H24N2O5S. The lowest BCUT2D eigenvalue weighted by molar-refractivity contribution is -0.123. The van der Waals surface area contributed by atoms with Crippen molar-refractivity contribution in [3.05, 3.63) is 24.3 Å². The number of nitrogens with zero attached hydrogens (tertiary/aromatic N) is 1. The summed E-state index contributed by atoms with van der Waals surface area (Å²) in [6, 6.07) is 6.34. The first kappa shape index (κ1) is 18.2. The highest BCUT2D eigenvalue weighted by molar-refractivity contribution is 7.89. The Hall–Kier alpha value is -1.64. The van der Waals surface area contributed by atoms with Gasteiger partial charge in [-0.05, 0) is 49.9 Å². The van der Waals surface area contributed by atoms with E-state index in [0.717, 1.165) is 0 Å². The SMILES string of the molecule is C[C@@H](NC(=O)COc1ccc(S(=O)(=O)N2CCOCC2)cc1)C1CC1. The van der Waals surface area contributed by atoms with Crippen molar-refractivity contribution < 1.29 is 22.7 Å². The Morgan fingerprint density at radius 2 is 1.92 bits per heavy atom. The number of benzene rings is 1. The Labute approximate surface area is 148 Å². The van der Waals surface area contributed by atoms with Crippen molar-refractivity contribution >= 4 is 15.9 Å². The zero-order valence-electron chi connectivity index (χ0n) is 14.3. The van der Waals surface area contributed by atoms with E-state index in [-0.39, 0.29) is 23.5 Å². The lowest BCUT2D eigenvalue weighted by atomic mass is 10.2. The number of morpholine rings is 1. The zero-order valence-corrected chi connectivity index (χ0v) is 15.1. The number of carbonyl (C=O) groups is 1. The van der Waals surface area contributed by atoms with Crippen LogP contribution in [0.25, 0.3) is 0 Å². The number of rotatable bonds is 7. The van der Waals surface area contributed by atoms with Gasteiger partial charge in [0.05, 0.1) is 18.1 Å². The second-order valence-electron chi connectivity index (χ2n) is 6.47. The fraction of sp³-hybridized carbons (Fsp3) is 0.588. The zero-order chi connectivity index (χ0) is 17.9. The number of carbonyl (C=O) groups excluding carboxylic acids is 1. The van der Waals surface area contributed by atoms with E-state index in [4.69, 9.17) is 9.47 Å². The molecule has 1 aromatic carbocycles. The molecule has 3 rings (SSSR count). The molecule has 7 nitrogen and oxygen atoms in total. The van der Waals surface area contributed by atoms with Gasteiger partial charge in [0, 0.05) is 19.1 Å². The van der Waals surface area contributed by atoms with Gasteiger partial charge in [-0.1, -0.05) is 0 Å². The molecule has 1 amide bonds. The molecule has 2 fully saturated rings. The van der Waals surface area contributed by atoms with Gasteiger partial charge in [-0.2, -0.15) is 4.31 Å². The van der Waals surface area contributed by atoms with E-state index in [2.05, 4.69) is 5.32 Å². The van der Waals surface area contributed by atoms with Crippen molar-refractivity contribution in [2.45, 2.75) is 30.7 Å². The third kappa shape index (κ3) is 4.71. The van der Waals surface area contributed by atoms with Gasteiger partial charge >= 0.3 is 0 Å². The second-order valence-corrected chi connectivity index (χ2v) is 8.41. The van der Waals surface area contributed by atoms with Gasteiger partial charge in [0.25, 0.3) is 5.91 Å². The first-order chi connectivity index (χ1) is 12.0. The van der Waals surface area contributed by atoms with Crippen molar-refractivity contribution in [2.75, 3.05) is 32.9 Å². The Morgan fingerprint density at radius 1 is 1.28 bits per heavy atom. The monoisotopic (exact) mass is 368 g/mol. The first-order valence-corrected chi connectivity index (χ1v) is 10.0. The quantitative estimate of drug-likeness (QED) is 0.776. The number of hydrogen-bond donors (Lipinski definition) is 1. The van der Waals surface area contributed by atoms with Gasteiger partial charge < -0.3 is 14.8 Å². The van der Waals surface area contributed by atoms with Crippen LogP contribution in [0.5, 0.6) is 5.75 Å². The lowest BCUT2D eigenvalue weighted by Crippen LogP contribution is -2.40. The van der Waals surface area contributed by atoms with E-state index >= 15 is 0 Å². The third-order valence-corrected chi connectivity index (χ3v) is 6.43. The molecular weight excluding hydrogens is 344 g/mol. The summed E-state index contributed by atoms with van der Waals surface area (Å²) in [5.74, 6) is 0.896. The summed E-state index contributed by atoms with van der Waals surface area (Å²) >= 11 is 0. The average molecular weight is 368 g/mol. The molecule has 0 radical (unpaired) electrons. The van der Waals surface area contributed by atoms with Crippen LogP contribution in [-0.4, -0.2) is 57.6 Å². The van der Waals surface area contributed by atoms with E-state index in [1.54, 1.807) is 12.1 Å². The van der Waals surface area contributed by atoms with Gasteiger partial charge in [0.15, 0.2) is 6.61 Å². The van der Waals surface area contributed by atoms with Gasteiger partial charge in [-0.15, -0.1) is 0 Å². The molecule has 1 saturated heterocycles. The summed E-state index contributed by atoms with van der Waals surface area (Å²) in [5.41, 5.74) is 0. The molecule has 1 aliphatic heterocycles. The lowest BCUT2D eigenvalue weighted by Gasteiger charge is -2.26. The molecule has 0 spiro atoms. The Kier molecular flexibility index (Phi) is 5.61. The van der Waals surface area contributed by atoms with Crippen LogP contribution >= 0.6 is 0 Å². The fourth-order valence-electron chi connectivity index (χ4n) is 2.80. The molecule has 0 unspecified atom stereocenters. The minimum atomic E-state index is -3.51. The van der Waals surface area contributed by atoms with Gasteiger partial charge in [0.2, 0.25) is 10.0 Å². The number of ether oxygens (including phenoxy) is 2. The van der Waals surface area contributed by atoms with Crippen LogP contribution in [0.3, 0.4) is 0 Å². The topological polar surface area (TPSA) is 84.9 Å². The summed E-state index contributed by atoms with van der Waals surface area (Å²) < 4.78 is 37.1. The molecule has 1 saturated carbocycles. The van der Waals surface area contributed by atoms with Crippen molar-refractivity contribution in [3.8, 4) is 5.75 Å². The highest BCUT2D eigenvalue weighted by atomic mass is 32.2. The standard InChI is InChI=1S/C17H24N2O5S/c1-13(14-2-3-14)18-17(20)12-24-15-4-6-16(7-5-15)25(21,22)19-8-10-23-11-9-19/h4-7,13-14H,2-3,8-12H2,1H3,(H,18,20)/t13-/m1/s1. The highest BCUT2D eigenvalue weighted by Crippen LogP contribution is 2.32.